The van der Waals surface area contributed by atoms with Gasteiger partial charge in [-0.05, 0) is 30.7 Å². The third-order valence-corrected chi connectivity index (χ3v) is 3.42. The van der Waals surface area contributed by atoms with Crippen LogP contribution in [0.25, 0.3) is 0 Å². The standard InChI is InChI=1S/C14H19FN2O/c1-2-17(8-9-18)12-7-6-11-4-3-5-13(15)14(11)16-10-12/h2-5,12,16,18H,1,6-10H2. The lowest BCUT2D eigenvalue weighted by atomic mass is 10.1. The van der Waals surface area contributed by atoms with Crippen LogP contribution in [0.4, 0.5) is 10.1 Å². The van der Waals surface area contributed by atoms with Gasteiger partial charge in [0.1, 0.15) is 5.82 Å². The molecule has 1 aromatic carbocycles. The molecule has 1 atom stereocenters. The second-order valence-electron chi connectivity index (χ2n) is 4.49. The number of aliphatic hydroxyl groups excluding tert-OH is 1. The average Bonchev–Trinajstić information content (AvgIpc) is 2.60. The molecule has 0 saturated carbocycles. The molecule has 98 valence electrons. The Morgan fingerprint density at radius 2 is 2.39 bits per heavy atom. The van der Waals surface area contributed by atoms with Crippen molar-refractivity contribution >= 4 is 5.69 Å². The number of aryl methyl sites for hydroxylation is 1. The van der Waals surface area contributed by atoms with E-state index in [-0.39, 0.29) is 18.5 Å². The summed E-state index contributed by atoms with van der Waals surface area (Å²) in [4.78, 5) is 2.01. The van der Waals surface area contributed by atoms with Crippen molar-refractivity contribution in [1.82, 2.24) is 4.90 Å². The number of para-hydroxylation sites is 1. The maximum atomic E-state index is 13.7. The van der Waals surface area contributed by atoms with Gasteiger partial charge in [-0.2, -0.15) is 0 Å². The van der Waals surface area contributed by atoms with Crippen LogP contribution in [0.15, 0.2) is 31.0 Å². The molecule has 0 spiro atoms. The molecule has 4 heteroatoms. The van der Waals surface area contributed by atoms with Gasteiger partial charge >= 0.3 is 0 Å². The Morgan fingerprint density at radius 1 is 1.56 bits per heavy atom. The van der Waals surface area contributed by atoms with Gasteiger partial charge in [0.05, 0.1) is 12.3 Å². The number of anilines is 1. The fraction of sp³-hybridized carbons (Fsp3) is 0.429. The lowest BCUT2D eigenvalue weighted by Gasteiger charge is -2.29. The van der Waals surface area contributed by atoms with Gasteiger partial charge in [0, 0.05) is 19.1 Å². The summed E-state index contributed by atoms with van der Waals surface area (Å²) in [5.74, 6) is -0.194. The van der Waals surface area contributed by atoms with Crippen molar-refractivity contribution in [2.75, 3.05) is 25.0 Å². The molecule has 0 fully saturated rings. The summed E-state index contributed by atoms with van der Waals surface area (Å²) < 4.78 is 13.7. The number of fused-ring (bicyclic) bond motifs is 1. The Labute approximate surface area is 107 Å². The molecule has 0 radical (unpaired) electrons. The number of hydrogen-bond acceptors (Lipinski definition) is 3. The second kappa shape index (κ2) is 5.87. The van der Waals surface area contributed by atoms with Crippen molar-refractivity contribution in [1.29, 1.82) is 0 Å². The first-order chi connectivity index (χ1) is 8.76. The Bertz CT molecular complexity index is 422. The molecule has 1 unspecified atom stereocenters. The van der Waals surface area contributed by atoms with Gasteiger partial charge in [-0.15, -0.1) is 0 Å². The molecule has 2 rings (SSSR count). The van der Waals surface area contributed by atoms with Crippen LogP contribution in [0.1, 0.15) is 12.0 Å². The van der Waals surface area contributed by atoms with E-state index in [1.54, 1.807) is 12.3 Å². The molecule has 3 nitrogen and oxygen atoms in total. The summed E-state index contributed by atoms with van der Waals surface area (Å²) in [5.41, 5.74) is 1.64. The van der Waals surface area contributed by atoms with E-state index >= 15 is 0 Å². The molecule has 1 aromatic rings. The molecule has 1 aliphatic heterocycles. The molecule has 1 aliphatic rings. The van der Waals surface area contributed by atoms with Crippen LogP contribution in [-0.4, -0.2) is 35.7 Å². The molecule has 0 aromatic heterocycles. The third-order valence-electron chi connectivity index (χ3n) is 3.42. The highest BCUT2D eigenvalue weighted by Gasteiger charge is 2.20. The Hall–Kier alpha value is -1.55. The van der Waals surface area contributed by atoms with Crippen molar-refractivity contribution in [2.45, 2.75) is 18.9 Å². The minimum Gasteiger partial charge on any atom is -0.395 e. The van der Waals surface area contributed by atoms with Crippen molar-refractivity contribution in [3.8, 4) is 0 Å². The predicted octanol–water partition coefficient (Wildman–Crippen LogP) is 1.99. The van der Waals surface area contributed by atoms with Gasteiger partial charge in [0.15, 0.2) is 0 Å². The first kappa shape index (κ1) is 12.9. The third kappa shape index (κ3) is 2.64. The van der Waals surface area contributed by atoms with Crippen molar-refractivity contribution in [2.24, 2.45) is 0 Å². The maximum absolute atomic E-state index is 13.7. The van der Waals surface area contributed by atoms with Crippen LogP contribution < -0.4 is 5.32 Å². The minimum absolute atomic E-state index is 0.101. The highest BCUT2D eigenvalue weighted by molar-refractivity contribution is 5.53. The first-order valence-electron chi connectivity index (χ1n) is 6.26. The molecule has 0 aliphatic carbocycles. The van der Waals surface area contributed by atoms with Crippen LogP contribution in [0, 0.1) is 5.82 Å². The van der Waals surface area contributed by atoms with Crippen molar-refractivity contribution in [3.05, 3.63) is 42.4 Å². The van der Waals surface area contributed by atoms with E-state index in [1.165, 1.54) is 6.07 Å². The number of hydrogen-bond donors (Lipinski definition) is 2. The Morgan fingerprint density at radius 3 is 3.11 bits per heavy atom. The Balaban J connectivity index is 2.11. The van der Waals surface area contributed by atoms with E-state index < -0.39 is 0 Å². The average molecular weight is 250 g/mol. The highest BCUT2D eigenvalue weighted by Crippen LogP contribution is 2.25. The zero-order valence-corrected chi connectivity index (χ0v) is 10.4. The summed E-state index contributed by atoms with van der Waals surface area (Å²) in [6.45, 7) is 5.10. The Kier molecular flexibility index (Phi) is 4.20. The first-order valence-corrected chi connectivity index (χ1v) is 6.26. The van der Waals surface area contributed by atoms with Gasteiger partial charge in [0.2, 0.25) is 0 Å². The molecule has 18 heavy (non-hydrogen) atoms. The highest BCUT2D eigenvalue weighted by atomic mass is 19.1. The largest absolute Gasteiger partial charge is 0.395 e. The van der Waals surface area contributed by atoms with Crippen molar-refractivity contribution in [3.63, 3.8) is 0 Å². The quantitative estimate of drug-likeness (QED) is 0.858. The monoisotopic (exact) mass is 250 g/mol. The summed E-state index contributed by atoms with van der Waals surface area (Å²) in [6.07, 6.45) is 3.50. The molecule has 2 N–H and O–H groups in total. The lowest BCUT2D eigenvalue weighted by Crippen LogP contribution is -2.37. The zero-order chi connectivity index (χ0) is 13.0. The van der Waals surface area contributed by atoms with E-state index in [9.17, 15) is 4.39 Å². The van der Waals surface area contributed by atoms with Gasteiger partial charge in [0.25, 0.3) is 0 Å². The van der Waals surface area contributed by atoms with Crippen molar-refractivity contribution < 1.29 is 9.50 Å². The second-order valence-corrected chi connectivity index (χ2v) is 4.49. The van der Waals surface area contributed by atoms with Gasteiger partial charge in [-0.3, -0.25) is 0 Å². The number of aliphatic hydroxyl groups is 1. The lowest BCUT2D eigenvalue weighted by molar-refractivity contribution is 0.200. The van der Waals surface area contributed by atoms with Gasteiger partial charge in [-0.25, -0.2) is 4.39 Å². The maximum Gasteiger partial charge on any atom is 0.146 e. The fourth-order valence-corrected chi connectivity index (χ4v) is 2.44. The minimum atomic E-state index is -0.194. The van der Waals surface area contributed by atoms with E-state index in [4.69, 9.17) is 5.11 Å². The van der Waals surface area contributed by atoms with E-state index in [0.717, 1.165) is 18.4 Å². The van der Waals surface area contributed by atoms with Gasteiger partial charge in [-0.1, -0.05) is 18.7 Å². The molecule has 0 amide bonds. The number of rotatable bonds is 4. The van der Waals surface area contributed by atoms with E-state index in [0.29, 0.717) is 18.8 Å². The molecule has 0 saturated heterocycles. The predicted molar refractivity (Wildman–Crippen MR) is 71.0 cm³/mol. The SMILES string of the molecule is C=CN(CCO)C1CCc2cccc(F)c2NC1. The zero-order valence-electron chi connectivity index (χ0n) is 10.4. The summed E-state index contributed by atoms with van der Waals surface area (Å²) in [5, 5.41) is 12.2. The number of halogens is 1. The number of nitrogens with one attached hydrogen (secondary N) is 1. The summed E-state index contributed by atoms with van der Waals surface area (Å²) >= 11 is 0. The summed E-state index contributed by atoms with van der Waals surface area (Å²) in [7, 11) is 0. The normalized spacial score (nSPS) is 18.4. The molecule has 0 bridgehead atoms. The fourth-order valence-electron chi connectivity index (χ4n) is 2.44. The number of benzene rings is 1. The smallest absolute Gasteiger partial charge is 0.146 e. The van der Waals surface area contributed by atoms with Crippen LogP contribution in [0.2, 0.25) is 0 Å². The molecule has 1 heterocycles. The van der Waals surface area contributed by atoms with Gasteiger partial charge < -0.3 is 15.3 Å². The van der Waals surface area contributed by atoms with Crippen LogP contribution in [-0.2, 0) is 6.42 Å². The van der Waals surface area contributed by atoms with E-state index in [1.807, 2.05) is 11.0 Å². The van der Waals surface area contributed by atoms with Crippen LogP contribution in [0.3, 0.4) is 0 Å². The topological polar surface area (TPSA) is 35.5 Å². The van der Waals surface area contributed by atoms with E-state index in [2.05, 4.69) is 11.9 Å². The molecular formula is C14H19FN2O. The summed E-state index contributed by atoms with van der Waals surface area (Å²) in [6, 6.07) is 5.42. The molecular weight excluding hydrogens is 231 g/mol. The van der Waals surface area contributed by atoms with Crippen LogP contribution in [0.5, 0.6) is 0 Å². The number of nitrogens with zero attached hydrogens (tertiary/aromatic N) is 1. The van der Waals surface area contributed by atoms with Crippen LogP contribution >= 0.6 is 0 Å².